The molecule has 0 saturated carbocycles. The molecule has 2 N–H and O–H groups in total. The van der Waals surface area contributed by atoms with Gasteiger partial charge < -0.3 is 25.2 Å². The van der Waals surface area contributed by atoms with Crippen LogP contribution in [0.15, 0.2) is 18.2 Å². The van der Waals surface area contributed by atoms with Gasteiger partial charge in [0.15, 0.2) is 0 Å². The van der Waals surface area contributed by atoms with E-state index in [1.54, 1.807) is 32.7 Å². The van der Waals surface area contributed by atoms with Gasteiger partial charge >= 0.3 is 6.09 Å². The number of likely N-dealkylation sites (tertiary alicyclic amines) is 3. The Morgan fingerprint density at radius 1 is 1.17 bits per heavy atom. The molecular formula is C30H40N6O5. The quantitative estimate of drug-likeness (QED) is 0.539. The zero-order valence-electron chi connectivity index (χ0n) is 24.5. The van der Waals surface area contributed by atoms with Crippen molar-refractivity contribution in [3.05, 3.63) is 34.9 Å². The summed E-state index contributed by atoms with van der Waals surface area (Å²) in [5.74, 6) is -0.236. The first kappa shape index (κ1) is 28.9. The third-order valence-electron chi connectivity index (χ3n) is 8.68. The van der Waals surface area contributed by atoms with Gasteiger partial charge in [-0.15, -0.1) is 0 Å². The molecule has 1 aromatic rings. The highest BCUT2D eigenvalue weighted by atomic mass is 16.6. The van der Waals surface area contributed by atoms with Crippen molar-refractivity contribution >= 4 is 23.8 Å². The number of alkyl carbamates (subject to hydrolysis) is 1. The first-order chi connectivity index (χ1) is 19.4. The molecule has 5 unspecified atom stereocenters. The number of nitrogens with zero attached hydrogens (tertiary/aromatic N) is 4. The molecule has 3 fully saturated rings. The summed E-state index contributed by atoms with van der Waals surface area (Å²) in [7, 11) is 1.61. The number of fused-ring (bicyclic) bond motifs is 3. The molecule has 0 spiro atoms. The lowest BCUT2D eigenvalue weighted by Gasteiger charge is -2.39. The van der Waals surface area contributed by atoms with Gasteiger partial charge in [-0.05, 0) is 75.6 Å². The first-order valence-electron chi connectivity index (χ1n) is 14.5. The number of aryl methyl sites for hydroxylation is 1. The summed E-state index contributed by atoms with van der Waals surface area (Å²) in [5.41, 5.74) is 2.07. The van der Waals surface area contributed by atoms with Crippen molar-refractivity contribution in [1.82, 2.24) is 25.3 Å². The second kappa shape index (κ2) is 11.0. The van der Waals surface area contributed by atoms with Gasteiger partial charge in [-0.2, -0.15) is 5.26 Å². The Morgan fingerprint density at radius 3 is 2.59 bits per heavy atom. The van der Waals surface area contributed by atoms with E-state index in [0.29, 0.717) is 31.5 Å². The minimum absolute atomic E-state index is 0.00184. The van der Waals surface area contributed by atoms with Crippen molar-refractivity contribution in [3.63, 3.8) is 0 Å². The second-order valence-electron chi connectivity index (χ2n) is 12.8. The van der Waals surface area contributed by atoms with Gasteiger partial charge in [-0.25, -0.2) is 4.79 Å². The van der Waals surface area contributed by atoms with E-state index < -0.39 is 23.8 Å². The molecule has 4 amide bonds. The maximum atomic E-state index is 13.7. The number of carbonyl (C=O) groups excluding carboxylic acids is 4. The van der Waals surface area contributed by atoms with Crippen LogP contribution < -0.4 is 10.6 Å². The Bertz CT molecular complexity index is 1280. The van der Waals surface area contributed by atoms with Crippen LogP contribution in [0.2, 0.25) is 0 Å². The van der Waals surface area contributed by atoms with Crippen molar-refractivity contribution in [3.8, 4) is 6.07 Å². The number of ether oxygens (including phenoxy) is 1. The zero-order chi connectivity index (χ0) is 29.6. The summed E-state index contributed by atoms with van der Waals surface area (Å²) < 4.78 is 5.45. The molecule has 0 radical (unpaired) electrons. The van der Waals surface area contributed by atoms with Crippen molar-refractivity contribution in [2.75, 3.05) is 26.7 Å². The summed E-state index contributed by atoms with van der Waals surface area (Å²) in [5, 5.41) is 15.1. The molecule has 220 valence electrons. The third kappa shape index (κ3) is 5.62. The van der Waals surface area contributed by atoms with Crippen molar-refractivity contribution < 1.29 is 23.9 Å². The van der Waals surface area contributed by atoms with Crippen molar-refractivity contribution in [1.29, 1.82) is 5.26 Å². The monoisotopic (exact) mass is 564 g/mol. The van der Waals surface area contributed by atoms with Crippen LogP contribution in [0.1, 0.15) is 74.5 Å². The number of hydrogen-bond donors (Lipinski definition) is 2. The van der Waals surface area contributed by atoms with E-state index in [1.807, 2.05) is 34.9 Å². The van der Waals surface area contributed by atoms with Gasteiger partial charge in [0.1, 0.15) is 17.7 Å². The number of carbonyl (C=O) groups is 4. The number of rotatable bonds is 6. The van der Waals surface area contributed by atoms with Gasteiger partial charge in [0.2, 0.25) is 11.8 Å². The molecular weight excluding hydrogens is 524 g/mol. The fourth-order valence-corrected chi connectivity index (χ4v) is 6.95. The molecule has 4 aliphatic rings. The van der Waals surface area contributed by atoms with E-state index in [4.69, 9.17) is 4.74 Å². The third-order valence-corrected chi connectivity index (χ3v) is 8.68. The predicted molar refractivity (Wildman–Crippen MR) is 150 cm³/mol. The van der Waals surface area contributed by atoms with E-state index >= 15 is 0 Å². The minimum Gasteiger partial charge on any atom is -0.444 e. The predicted octanol–water partition coefficient (Wildman–Crippen LogP) is 1.97. The fourth-order valence-electron chi connectivity index (χ4n) is 6.95. The summed E-state index contributed by atoms with van der Waals surface area (Å²) in [6.45, 7) is 8.47. The van der Waals surface area contributed by atoms with Crippen molar-refractivity contribution in [2.24, 2.45) is 5.92 Å². The van der Waals surface area contributed by atoms with E-state index in [-0.39, 0.29) is 48.3 Å². The van der Waals surface area contributed by atoms with Gasteiger partial charge in [-0.1, -0.05) is 13.0 Å². The van der Waals surface area contributed by atoms with Gasteiger partial charge in [0.05, 0.1) is 18.2 Å². The minimum atomic E-state index is -0.943. The molecule has 0 aromatic heterocycles. The lowest BCUT2D eigenvalue weighted by Crippen LogP contribution is -2.59. The molecule has 3 heterocycles. The topological polar surface area (TPSA) is 135 Å². The van der Waals surface area contributed by atoms with Gasteiger partial charge in [-0.3, -0.25) is 19.3 Å². The molecule has 11 heteroatoms. The van der Waals surface area contributed by atoms with Crippen LogP contribution in [-0.4, -0.2) is 95.0 Å². The first-order valence-corrected chi connectivity index (χ1v) is 14.5. The molecule has 6 atom stereocenters. The Labute approximate surface area is 241 Å². The number of nitrogens with one attached hydrogen (secondary N) is 2. The van der Waals surface area contributed by atoms with Gasteiger partial charge in [0, 0.05) is 38.3 Å². The van der Waals surface area contributed by atoms with E-state index in [0.717, 1.165) is 24.0 Å². The van der Waals surface area contributed by atoms with E-state index in [2.05, 4.69) is 16.7 Å². The second-order valence-corrected chi connectivity index (χ2v) is 12.8. The van der Waals surface area contributed by atoms with Crippen LogP contribution in [0.4, 0.5) is 4.79 Å². The molecule has 1 aliphatic carbocycles. The fraction of sp³-hybridized carbons (Fsp3) is 0.633. The molecule has 5 rings (SSSR count). The highest BCUT2D eigenvalue weighted by Gasteiger charge is 2.53. The normalized spacial score (nSPS) is 27.9. The summed E-state index contributed by atoms with van der Waals surface area (Å²) in [4.78, 5) is 57.8. The largest absolute Gasteiger partial charge is 0.444 e. The molecule has 1 aromatic carbocycles. The van der Waals surface area contributed by atoms with Crippen LogP contribution in [0.3, 0.4) is 0 Å². The number of amides is 4. The number of benzene rings is 1. The number of hydrogen-bond acceptors (Lipinski definition) is 7. The standard InChI is InChI=1S/C30H40N6O5/c1-17-10-20(13-31)35(14-17)27(38)23(33-29(40)41-30(2,3)4)16-34-15-21-12-25(34)28(39)36(21)24-9-7-18-11-19(26(37)32-5)6-8-22(18)24/h6,8,11,17,20-21,23-25H,7,9-10,12,14-16H2,1-5H3,(H,32,37)(H,33,40)/t17?,20?,21-,23?,24?,25?/m0/s1. The Balaban J connectivity index is 1.31. The van der Waals surface area contributed by atoms with Crippen LogP contribution in [0.5, 0.6) is 0 Å². The molecule has 41 heavy (non-hydrogen) atoms. The SMILES string of the molecule is CNC(=O)c1ccc2c(c1)CCC2N1C(=O)C2C[C@H]1CN2CC(NC(=O)OC(C)(C)C)C(=O)N1CC(C)CC1C#N. The summed E-state index contributed by atoms with van der Waals surface area (Å²) in [6, 6.07) is 6.02. The average Bonchev–Trinajstić information content (AvgIpc) is 3.68. The maximum absolute atomic E-state index is 13.7. The highest BCUT2D eigenvalue weighted by Crippen LogP contribution is 2.44. The van der Waals surface area contributed by atoms with Crippen LogP contribution >= 0.6 is 0 Å². The number of piperazine rings is 1. The maximum Gasteiger partial charge on any atom is 0.408 e. The summed E-state index contributed by atoms with van der Waals surface area (Å²) >= 11 is 0. The zero-order valence-corrected chi connectivity index (χ0v) is 24.5. The molecule has 11 nitrogen and oxygen atoms in total. The number of nitriles is 1. The van der Waals surface area contributed by atoms with Crippen LogP contribution in [0, 0.1) is 17.2 Å². The lowest BCUT2D eigenvalue weighted by atomic mass is 10.0. The highest BCUT2D eigenvalue weighted by molar-refractivity contribution is 5.94. The van der Waals surface area contributed by atoms with E-state index in [9.17, 15) is 24.4 Å². The van der Waals surface area contributed by atoms with E-state index in [1.165, 1.54) is 0 Å². The molecule has 2 bridgehead atoms. The van der Waals surface area contributed by atoms with Crippen LogP contribution in [-0.2, 0) is 20.7 Å². The Kier molecular flexibility index (Phi) is 7.72. The van der Waals surface area contributed by atoms with Crippen LogP contribution in [0.25, 0.3) is 0 Å². The Hall–Kier alpha value is -3.65. The summed E-state index contributed by atoms with van der Waals surface area (Å²) in [6.07, 6.45) is 2.17. The van der Waals surface area contributed by atoms with Gasteiger partial charge in [0.25, 0.3) is 5.91 Å². The molecule has 3 saturated heterocycles. The Morgan fingerprint density at radius 2 is 1.93 bits per heavy atom. The lowest BCUT2D eigenvalue weighted by molar-refractivity contribution is -0.141. The smallest absolute Gasteiger partial charge is 0.408 e. The molecule has 3 aliphatic heterocycles. The average molecular weight is 565 g/mol. The van der Waals surface area contributed by atoms with Crippen molar-refractivity contribution in [2.45, 2.75) is 89.2 Å².